The Hall–Kier alpha value is -2.81. The van der Waals surface area contributed by atoms with Crippen LogP contribution in [0.25, 0.3) is 11.3 Å². The van der Waals surface area contributed by atoms with E-state index in [0.717, 1.165) is 19.3 Å². The molecule has 30 heavy (non-hydrogen) atoms. The predicted octanol–water partition coefficient (Wildman–Crippen LogP) is 3.88. The highest BCUT2D eigenvalue weighted by Crippen LogP contribution is 2.29. The minimum Gasteiger partial charge on any atom is -0.342 e. The zero-order valence-electron chi connectivity index (χ0n) is 17.0. The molecule has 9 heteroatoms. The lowest BCUT2D eigenvalue weighted by atomic mass is 9.97. The molecule has 1 aliphatic rings. The smallest absolute Gasteiger partial charge is 0.231 e. The molecule has 0 aliphatic carbocycles. The quantitative estimate of drug-likeness (QED) is 0.725. The van der Waals surface area contributed by atoms with Crippen molar-refractivity contribution < 1.29 is 18.8 Å². The van der Waals surface area contributed by atoms with Crippen LogP contribution in [0.2, 0.25) is 0 Å². The average Bonchev–Trinajstić information content (AvgIpc) is 3.16. The highest BCUT2D eigenvalue weighted by atomic mass is 32.1. The fraction of sp³-hybridized carbons (Fsp3) is 0.429. The van der Waals surface area contributed by atoms with Gasteiger partial charge >= 0.3 is 0 Å². The third-order valence-electron chi connectivity index (χ3n) is 4.91. The van der Waals surface area contributed by atoms with Crippen molar-refractivity contribution in [3.8, 4) is 11.3 Å². The van der Waals surface area contributed by atoms with Crippen molar-refractivity contribution in [2.75, 3.05) is 23.7 Å². The van der Waals surface area contributed by atoms with Gasteiger partial charge in [0.15, 0.2) is 5.13 Å². The number of anilines is 2. The molecule has 1 atom stereocenters. The zero-order chi connectivity index (χ0) is 21.7. The third kappa shape index (κ3) is 5.41. The first-order valence-corrected chi connectivity index (χ1v) is 10.9. The van der Waals surface area contributed by atoms with Gasteiger partial charge in [0, 0.05) is 43.1 Å². The molecule has 0 saturated carbocycles. The van der Waals surface area contributed by atoms with Crippen molar-refractivity contribution in [2.24, 2.45) is 5.92 Å². The first kappa shape index (κ1) is 21.9. The lowest BCUT2D eigenvalue weighted by Gasteiger charge is -2.31. The number of thiazole rings is 1. The number of amides is 3. The minimum atomic E-state index is -0.512. The third-order valence-corrected chi connectivity index (χ3v) is 5.67. The molecule has 1 saturated heterocycles. The lowest BCUT2D eigenvalue weighted by molar-refractivity contribution is -0.134. The van der Waals surface area contributed by atoms with Crippen molar-refractivity contribution in [1.82, 2.24) is 9.88 Å². The van der Waals surface area contributed by atoms with Gasteiger partial charge in [0.25, 0.3) is 0 Å². The number of likely N-dealkylation sites (tertiary alicyclic amines) is 1. The van der Waals surface area contributed by atoms with Crippen LogP contribution in [-0.2, 0) is 14.4 Å². The van der Waals surface area contributed by atoms with E-state index in [-0.39, 0.29) is 29.2 Å². The second-order valence-electron chi connectivity index (χ2n) is 7.33. The summed E-state index contributed by atoms with van der Waals surface area (Å²) < 4.78 is 14.4. The fourth-order valence-electron chi connectivity index (χ4n) is 3.46. The van der Waals surface area contributed by atoms with E-state index in [1.54, 1.807) is 22.4 Å². The number of aromatic nitrogens is 1. The Labute approximate surface area is 178 Å². The van der Waals surface area contributed by atoms with E-state index in [2.05, 4.69) is 15.6 Å². The van der Waals surface area contributed by atoms with Gasteiger partial charge in [-0.15, -0.1) is 11.3 Å². The average molecular weight is 433 g/mol. The second-order valence-corrected chi connectivity index (χ2v) is 8.19. The Balaban J connectivity index is 1.64. The van der Waals surface area contributed by atoms with Crippen molar-refractivity contribution in [2.45, 2.75) is 39.5 Å². The van der Waals surface area contributed by atoms with E-state index < -0.39 is 5.82 Å². The van der Waals surface area contributed by atoms with E-state index in [4.69, 9.17) is 0 Å². The molecule has 1 unspecified atom stereocenters. The molecule has 3 rings (SSSR count). The zero-order valence-corrected chi connectivity index (χ0v) is 17.9. The molecule has 3 amide bonds. The van der Waals surface area contributed by atoms with Gasteiger partial charge in [-0.2, -0.15) is 0 Å². The maximum Gasteiger partial charge on any atom is 0.231 e. The molecule has 160 valence electrons. The van der Waals surface area contributed by atoms with Crippen LogP contribution in [0.1, 0.15) is 39.5 Å². The summed E-state index contributed by atoms with van der Waals surface area (Å²) >= 11 is 1.22. The Morgan fingerprint density at radius 1 is 1.30 bits per heavy atom. The monoisotopic (exact) mass is 432 g/mol. The van der Waals surface area contributed by atoms with Crippen molar-refractivity contribution in [1.29, 1.82) is 0 Å². The molecule has 0 bridgehead atoms. The number of nitrogens with zero attached hydrogens (tertiary/aromatic N) is 2. The fourth-order valence-corrected chi connectivity index (χ4v) is 4.17. The van der Waals surface area contributed by atoms with Gasteiger partial charge in [-0.3, -0.25) is 14.4 Å². The van der Waals surface area contributed by atoms with Crippen LogP contribution in [0.5, 0.6) is 0 Å². The summed E-state index contributed by atoms with van der Waals surface area (Å²) in [6.07, 6.45) is 2.80. The number of halogens is 1. The molecule has 0 spiro atoms. The molecular weight excluding hydrogens is 407 g/mol. The van der Waals surface area contributed by atoms with Crippen LogP contribution in [0.15, 0.2) is 23.6 Å². The number of carbonyl (C=O) groups excluding carboxylic acids is 3. The maximum absolute atomic E-state index is 14.4. The highest BCUT2D eigenvalue weighted by molar-refractivity contribution is 7.14. The molecule has 2 aromatic rings. The van der Waals surface area contributed by atoms with Crippen LogP contribution >= 0.6 is 11.3 Å². The molecule has 2 heterocycles. The summed E-state index contributed by atoms with van der Waals surface area (Å²) in [6, 6.07) is 4.37. The van der Waals surface area contributed by atoms with Gasteiger partial charge < -0.3 is 15.5 Å². The summed E-state index contributed by atoms with van der Waals surface area (Å²) in [5.74, 6) is -1.16. The van der Waals surface area contributed by atoms with E-state index in [1.165, 1.54) is 24.3 Å². The van der Waals surface area contributed by atoms with E-state index >= 15 is 0 Å². The topological polar surface area (TPSA) is 91.4 Å². The highest BCUT2D eigenvalue weighted by Gasteiger charge is 2.28. The Morgan fingerprint density at radius 3 is 2.80 bits per heavy atom. The molecule has 2 N–H and O–H groups in total. The van der Waals surface area contributed by atoms with Crippen LogP contribution in [0.4, 0.5) is 15.2 Å². The van der Waals surface area contributed by atoms with Gasteiger partial charge in [0.05, 0.1) is 11.6 Å². The van der Waals surface area contributed by atoms with Gasteiger partial charge in [0.1, 0.15) is 5.82 Å². The Kier molecular flexibility index (Phi) is 7.15. The number of rotatable bonds is 6. The molecule has 0 radical (unpaired) electrons. The number of nitrogens with one attached hydrogen (secondary N) is 2. The standard InChI is InChI=1S/C21H25FN4O3S/c1-3-5-19(28)26-9-4-6-14(11-26)20(29)25-21-24-18(12-30-21)16-8-7-15(10-17(16)22)23-13(2)27/h7-8,10,12,14H,3-6,9,11H2,1-2H3,(H,23,27)(H,24,25,29). The van der Waals surface area contributed by atoms with Gasteiger partial charge in [-0.1, -0.05) is 6.92 Å². The molecule has 1 aromatic heterocycles. The van der Waals surface area contributed by atoms with Crippen LogP contribution in [-0.4, -0.2) is 40.7 Å². The van der Waals surface area contributed by atoms with Crippen molar-refractivity contribution >= 4 is 39.9 Å². The summed E-state index contributed by atoms with van der Waals surface area (Å²) in [5, 5.41) is 7.39. The van der Waals surface area contributed by atoms with E-state index in [9.17, 15) is 18.8 Å². The number of benzene rings is 1. The molecule has 1 aromatic carbocycles. The SMILES string of the molecule is CCCC(=O)N1CCCC(C(=O)Nc2nc(-c3ccc(NC(C)=O)cc3F)cs2)C1. The van der Waals surface area contributed by atoms with E-state index in [1.807, 2.05) is 6.92 Å². The molecular formula is C21H25FN4O3S. The van der Waals surface area contributed by atoms with Gasteiger partial charge in [-0.05, 0) is 37.5 Å². The van der Waals surface area contributed by atoms with Gasteiger partial charge in [-0.25, -0.2) is 9.37 Å². The Bertz CT molecular complexity index is 946. The summed E-state index contributed by atoms with van der Waals surface area (Å²) in [7, 11) is 0. The summed E-state index contributed by atoms with van der Waals surface area (Å²) in [6.45, 7) is 4.43. The predicted molar refractivity (Wildman–Crippen MR) is 115 cm³/mol. The van der Waals surface area contributed by atoms with Crippen LogP contribution in [0.3, 0.4) is 0 Å². The van der Waals surface area contributed by atoms with E-state index in [0.29, 0.717) is 36.0 Å². The normalized spacial score (nSPS) is 16.2. The summed E-state index contributed by atoms with van der Waals surface area (Å²) in [5.41, 5.74) is 1.06. The largest absolute Gasteiger partial charge is 0.342 e. The van der Waals surface area contributed by atoms with Gasteiger partial charge in [0.2, 0.25) is 17.7 Å². The minimum absolute atomic E-state index is 0.0877. The molecule has 1 aliphatic heterocycles. The second kappa shape index (κ2) is 9.80. The number of hydrogen-bond donors (Lipinski definition) is 2. The molecule has 7 nitrogen and oxygen atoms in total. The number of carbonyl (C=O) groups is 3. The van der Waals surface area contributed by atoms with Crippen LogP contribution in [0, 0.1) is 11.7 Å². The lowest BCUT2D eigenvalue weighted by Crippen LogP contribution is -2.43. The first-order valence-electron chi connectivity index (χ1n) is 9.99. The van der Waals surface area contributed by atoms with Crippen molar-refractivity contribution in [3.63, 3.8) is 0 Å². The Morgan fingerprint density at radius 2 is 2.10 bits per heavy atom. The summed E-state index contributed by atoms with van der Waals surface area (Å²) in [4.78, 5) is 42.0. The number of hydrogen-bond acceptors (Lipinski definition) is 5. The van der Waals surface area contributed by atoms with Crippen molar-refractivity contribution in [3.05, 3.63) is 29.4 Å². The molecule has 1 fully saturated rings. The first-order chi connectivity index (χ1) is 14.4. The van der Waals surface area contributed by atoms with Crippen LogP contribution < -0.4 is 10.6 Å². The number of piperidine rings is 1. The maximum atomic E-state index is 14.4.